The molecule has 0 aliphatic heterocycles. The molecule has 0 radical (unpaired) electrons. The zero-order valence-corrected chi connectivity index (χ0v) is 8.49. The third-order valence-corrected chi connectivity index (χ3v) is 1.40. The number of carboxylic acid groups (broad SMARTS) is 1. The van der Waals surface area contributed by atoms with E-state index >= 15 is 0 Å². The van der Waals surface area contributed by atoms with Crippen molar-refractivity contribution in [2.45, 2.75) is 6.42 Å². The molecule has 0 saturated heterocycles. The highest BCUT2D eigenvalue weighted by Gasteiger charge is 2.01. The van der Waals surface area contributed by atoms with E-state index in [2.05, 4.69) is 17.2 Å². The Morgan fingerprint density at radius 3 is 2.67 bits per heavy atom. The Morgan fingerprint density at radius 2 is 2.07 bits per heavy atom. The molecule has 86 valence electrons. The van der Waals surface area contributed by atoms with Crippen molar-refractivity contribution in [3.05, 3.63) is 12.7 Å². The maximum Gasteiger partial charge on any atom is 0.323 e. The first kappa shape index (κ1) is 13.4. The molecule has 0 aromatic rings. The van der Waals surface area contributed by atoms with Crippen LogP contribution in [0.2, 0.25) is 0 Å². The van der Waals surface area contributed by atoms with E-state index in [1.165, 1.54) is 0 Å². The second-order valence-corrected chi connectivity index (χ2v) is 2.69. The number of amides is 2. The van der Waals surface area contributed by atoms with Gasteiger partial charge in [0.25, 0.3) is 0 Å². The van der Waals surface area contributed by atoms with E-state index < -0.39 is 12.0 Å². The summed E-state index contributed by atoms with van der Waals surface area (Å²) in [7, 11) is 0. The van der Waals surface area contributed by atoms with Crippen LogP contribution < -0.4 is 10.6 Å². The Labute approximate surface area is 88.3 Å². The van der Waals surface area contributed by atoms with E-state index in [9.17, 15) is 9.59 Å². The first-order valence-electron chi connectivity index (χ1n) is 4.59. The molecular formula is C9H16N2O4. The fourth-order valence-corrected chi connectivity index (χ4v) is 0.724. The van der Waals surface area contributed by atoms with Crippen molar-refractivity contribution >= 4 is 12.0 Å². The third-order valence-electron chi connectivity index (χ3n) is 1.40. The highest BCUT2D eigenvalue weighted by atomic mass is 16.5. The molecule has 0 spiro atoms. The molecule has 0 heterocycles. The molecule has 0 rings (SSSR count). The minimum Gasteiger partial charge on any atom is -0.480 e. The highest BCUT2D eigenvalue weighted by Crippen LogP contribution is 1.81. The van der Waals surface area contributed by atoms with Crippen LogP contribution in [0.3, 0.4) is 0 Å². The van der Waals surface area contributed by atoms with Crippen molar-refractivity contribution in [3.8, 4) is 0 Å². The lowest BCUT2D eigenvalue weighted by Crippen LogP contribution is -2.39. The van der Waals surface area contributed by atoms with Crippen molar-refractivity contribution in [2.24, 2.45) is 0 Å². The van der Waals surface area contributed by atoms with Gasteiger partial charge in [-0.25, -0.2) is 4.79 Å². The molecule has 0 fully saturated rings. The molecular weight excluding hydrogens is 200 g/mol. The number of ether oxygens (including phenoxy) is 1. The number of nitrogens with one attached hydrogen (secondary N) is 2. The van der Waals surface area contributed by atoms with Crippen LogP contribution >= 0.6 is 0 Å². The number of carboxylic acids is 1. The topological polar surface area (TPSA) is 87.7 Å². The first-order valence-corrected chi connectivity index (χ1v) is 4.59. The van der Waals surface area contributed by atoms with Crippen molar-refractivity contribution in [3.63, 3.8) is 0 Å². The van der Waals surface area contributed by atoms with Gasteiger partial charge in [-0.3, -0.25) is 4.79 Å². The standard InChI is InChI=1S/C9H16N2O4/c1-2-3-5-15-6-4-10-9(14)11-7-8(12)13/h2H,1,3-7H2,(H,12,13)(H2,10,11,14). The predicted octanol–water partition coefficient (Wildman–Crippen LogP) is -0.0371. The maximum atomic E-state index is 10.9. The van der Waals surface area contributed by atoms with E-state index in [0.717, 1.165) is 6.42 Å². The molecule has 0 aromatic carbocycles. The molecule has 0 bridgehead atoms. The van der Waals surface area contributed by atoms with E-state index in [-0.39, 0.29) is 6.54 Å². The molecule has 6 heteroatoms. The normalized spacial score (nSPS) is 9.33. The lowest BCUT2D eigenvalue weighted by Gasteiger charge is -2.05. The Kier molecular flexibility index (Phi) is 8.08. The number of aliphatic carboxylic acids is 1. The van der Waals surface area contributed by atoms with Crippen LogP contribution in [0.25, 0.3) is 0 Å². The lowest BCUT2D eigenvalue weighted by molar-refractivity contribution is -0.135. The van der Waals surface area contributed by atoms with Crippen LogP contribution in [-0.4, -0.2) is 43.4 Å². The van der Waals surface area contributed by atoms with Crippen LogP contribution in [0.5, 0.6) is 0 Å². The predicted molar refractivity (Wildman–Crippen MR) is 54.7 cm³/mol. The van der Waals surface area contributed by atoms with Crippen LogP contribution in [0.4, 0.5) is 4.79 Å². The maximum absolute atomic E-state index is 10.9. The summed E-state index contributed by atoms with van der Waals surface area (Å²) >= 11 is 0. The summed E-state index contributed by atoms with van der Waals surface area (Å²) < 4.78 is 5.12. The Bertz CT molecular complexity index is 218. The van der Waals surface area contributed by atoms with E-state index in [0.29, 0.717) is 19.8 Å². The number of hydrogen-bond acceptors (Lipinski definition) is 3. The minimum atomic E-state index is -1.08. The second kappa shape index (κ2) is 9.01. The molecule has 6 nitrogen and oxygen atoms in total. The van der Waals surface area contributed by atoms with Gasteiger partial charge in [0.1, 0.15) is 6.54 Å². The molecule has 0 aliphatic carbocycles. The quantitative estimate of drug-likeness (QED) is 0.392. The van der Waals surface area contributed by atoms with Crippen molar-refractivity contribution in [1.82, 2.24) is 10.6 Å². The fourth-order valence-electron chi connectivity index (χ4n) is 0.724. The number of carbonyl (C=O) groups excluding carboxylic acids is 1. The van der Waals surface area contributed by atoms with Crippen molar-refractivity contribution in [2.75, 3.05) is 26.3 Å². The van der Waals surface area contributed by atoms with Gasteiger partial charge in [-0.2, -0.15) is 0 Å². The largest absolute Gasteiger partial charge is 0.480 e. The Morgan fingerprint density at radius 1 is 1.33 bits per heavy atom. The van der Waals surface area contributed by atoms with Gasteiger partial charge in [-0.05, 0) is 6.42 Å². The van der Waals surface area contributed by atoms with Gasteiger partial charge in [0.05, 0.1) is 13.2 Å². The zero-order valence-electron chi connectivity index (χ0n) is 8.49. The average Bonchev–Trinajstić information content (AvgIpc) is 2.20. The van der Waals surface area contributed by atoms with Gasteiger partial charge >= 0.3 is 12.0 Å². The molecule has 0 aliphatic rings. The Balaban J connectivity index is 3.23. The van der Waals surface area contributed by atoms with Gasteiger partial charge in [0.15, 0.2) is 0 Å². The van der Waals surface area contributed by atoms with Crippen molar-refractivity contribution in [1.29, 1.82) is 0 Å². The van der Waals surface area contributed by atoms with Crippen LogP contribution in [-0.2, 0) is 9.53 Å². The van der Waals surface area contributed by atoms with Gasteiger partial charge in [-0.15, -0.1) is 6.58 Å². The SMILES string of the molecule is C=CCCOCCNC(=O)NCC(=O)O. The average molecular weight is 216 g/mol. The smallest absolute Gasteiger partial charge is 0.323 e. The fraction of sp³-hybridized carbons (Fsp3) is 0.556. The van der Waals surface area contributed by atoms with Crippen LogP contribution in [0.1, 0.15) is 6.42 Å². The first-order chi connectivity index (χ1) is 7.16. The summed E-state index contributed by atoms with van der Waals surface area (Å²) in [5.41, 5.74) is 0. The number of rotatable bonds is 8. The van der Waals surface area contributed by atoms with Gasteiger partial charge < -0.3 is 20.5 Å². The summed E-state index contributed by atoms with van der Waals surface area (Å²) in [6.07, 6.45) is 2.51. The van der Waals surface area contributed by atoms with Gasteiger partial charge in [0, 0.05) is 6.54 Å². The zero-order chi connectivity index (χ0) is 11.5. The van der Waals surface area contributed by atoms with Crippen LogP contribution in [0, 0.1) is 0 Å². The summed E-state index contributed by atoms with van der Waals surface area (Å²) in [6, 6.07) is -0.510. The Hall–Kier alpha value is -1.56. The van der Waals surface area contributed by atoms with Crippen molar-refractivity contribution < 1.29 is 19.4 Å². The van der Waals surface area contributed by atoms with E-state index in [1.807, 2.05) is 0 Å². The second-order valence-electron chi connectivity index (χ2n) is 2.69. The highest BCUT2D eigenvalue weighted by molar-refractivity contribution is 5.79. The number of urea groups is 1. The van der Waals surface area contributed by atoms with Gasteiger partial charge in [-0.1, -0.05) is 6.08 Å². The third kappa shape index (κ3) is 10.4. The van der Waals surface area contributed by atoms with E-state index in [4.69, 9.17) is 9.84 Å². The summed E-state index contributed by atoms with van der Waals surface area (Å²) in [5.74, 6) is -1.08. The molecule has 0 unspecified atom stereocenters. The van der Waals surface area contributed by atoms with Crippen LogP contribution in [0.15, 0.2) is 12.7 Å². The number of carbonyl (C=O) groups is 2. The summed E-state index contributed by atoms with van der Waals surface area (Å²) in [4.78, 5) is 21.0. The molecule has 0 atom stereocenters. The monoisotopic (exact) mass is 216 g/mol. The molecule has 0 saturated carbocycles. The summed E-state index contributed by atoms with van der Waals surface area (Å²) in [5, 5.41) is 12.9. The molecule has 15 heavy (non-hydrogen) atoms. The summed E-state index contributed by atoms with van der Waals surface area (Å²) in [6.45, 7) is 4.46. The lowest BCUT2D eigenvalue weighted by atomic mass is 10.4. The van der Waals surface area contributed by atoms with Gasteiger partial charge in [0.2, 0.25) is 0 Å². The number of hydrogen-bond donors (Lipinski definition) is 3. The van der Waals surface area contributed by atoms with E-state index in [1.54, 1.807) is 6.08 Å². The molecule has 3 N–H and O–H groups in total. The minimum absolute atomic E-state index is 0.350. The molecule has 0 aromatic heterocycles. The molecule has 2 amide bonds.